The molecule has 2 atom stereocenters. The van der Waals surface area contributed by atoms with Crippen molar-refractivity contribution in [2.24, 2.45) is 0 Å². The third kappa shape index (κ3) is 9.95. The molecule has 278 valence electrons. The Kier molecular flexibility index (Phi) is 12.0. The Bertz CT molecular complexity index is 1820. The first kappa shape index (κ1) is 36.9. The molecular formula is C46H48N2O6. The van der Waals surface area contributed by atoms with Gasteiger partial charge in [0.25, 0.3) is 11.8 Å². The Balaban J connectivity index is 0.881. The second kappa shape index (κ2) is 17.6. The topological polar surface area (TPSA) is 84.1 Å². The maximum Gasteiger partial charge on any atom is 0.258 e. The Hall–Kier alpha value is -5.44. The number of carbonyl (C=O) groups excluding carboxylic acids is 2. The number of hydrogen-bond donors (Lipinski definition) is 0. The fourth-order valence-electron chi connectivity index (χ4n) is 6.42. The van der Waals surface area contributed by atoms with Crippen LogP contribution in [0.4, 0.5) is 11.4 Å². The zero-order chi connectivity index (χ0) is 37.3. The van der Waals surface area contributed by atoms with Gasteiger partial charge in [0.1, 0.15) is 11.5 Å². The van der Waals surface area contributed by atoms with Crippen LogP contribution in [-0.4, -0.2) is 64.5 Å². The molecule has 54 heavy (non-hydrogen) atoms. The number of hydrogen-bond acceptors (Lipinski definition) is 6. The van der Waals surface area contributed by atoms with Crippen LogP contribution in [0.1, 0.15) is 59.2 Å². The lowest BCUT2D eigenvalue weighted by molar-refractivity contribution is 0.0984. The van der Waals surface area contributed by atoms with E-state index in [1.165, 1.54) is 0 Å². The summed E-state index contributed by atoms with van der Waals surface area (Å²) in [5.74, 6) is 1.48. The largest absolute Gasteiger partial charge is 0.494 e. The monoisotopic (exact) mass is 724 g/mol. The van der Waals surface area contributed by atoms with Crippen molar-refractivity contribution in [2.75, 3.05) is 50.3 Å². The number of anilines is 2. The number of unbranched alkanes of at least 4 members (excludes halogenated alkanes) is 2. The molecule has 2 amide bonds. The van der Waals surface area contributed by atoms with E-state index in [1.807, 2.05) is 121 Å². The number of ether oxygens (including phenoxy) is 4. The van der Waals surface area contributed by atoms with Gasteiger partial charge in [0.15, 0.2) is 0 Å². The summed E-state index contributed by atoms with van der Waals surface area (Å²) in [5.41, 5.74) is 6.81. The lowest BCUT2D eigenvalue weighted by Gasteiger charge is -2.21. The molecule has 0 aliphatic carbocycles. The zero-order valence-corrected chi connectivity index (χ0v) is 31.1. The zero-order valence-electron chi connectivity index (χ0n) is 31.1. The molecule has 2 fully saturated rings. The van der Waals surface area contributed by atoms with Gasteiger partial charge in [-0.1, -0.05) is 48.5 Å². The number of carbonyl (C=O) groups is 2. The van der Waals surface area contributed by atoms with Crippen molar-refractivity contribution in [1.29, 1.82) is 0 Å². The van der Waals surface area contributed by atoms with Crippen LogP contribution in [0.5, 0.6) is 11.5 Å². The molecule has 2 saturated heterocycles. The summed E-state index contributed by atoms with van der Waals surface area (Å²) in [6.45, 7) is 3.23. The van der Waals surface area contributed by atoms with E-state index in [4.69, 9.17) is 18.9 Å². The van der Waals surface area contributed by atoms with Crippen molar-refractivity contribution in [3.05, 3.63) is 132 Å². The van der Waals surface area contributed by atoms with E-state index >= 15 is 0 Å². The first-order valence-electron chi connectivity index (χ1n) is 19.0. The fraction of sp³-hybridized carbons (Fsp3) is 0.304. The van der Waals surface area contributed by atoms with Gasteiger partial charge in [-0.15, -0.1) is 0 Å². The summed E-state index contributed by atoms with van der Waals surface area (Å²) in [6, 6.07) is 38.8. The minimum Gasteiger partial charge on any atom is -0.494 e. The SMILES string of the molecule is CN(C(=O)c1ccc(-c2ccc(OCCCCC3CO3)cc2)cc1)c1ccc(N(C)C(=O)c2ccc(-c3ccc(OCCCCC4CO4)cc3)cc2)cc1. The Morgan fingerprint density at radius 3 is 1.13 bits per heavy atom. The van der Waals surface area contributed by atoms with E-state index < -0.39 is 0 Å². The summed E-state index contributed by atoms with van der Waals surface area (Å²) in [6.07, 6.45) is 7.47. The molecule has 0 N–H and O–H groups in total. The number of benzene rings is 5. The Morgan fingerprint density at radius 2 is 0.815 bits per heavy atom. The molecular weight excluding hydrogens is 677 g/mol. The first-order valence-corrected chi connectivity index (χ1v) is 19.0. The molecule has 2 unspecified atom stereocenters. The van der Waals surface area contributed by atoms with E-state index in [2.05, 4.69) is 0 Å². The van der Waals surface area contributed by atoms with Crippen molar-refractivity contribution in [2.45, 2.75) is 50.7 Å². The second-order valence-electron chi connectivity index (χ2n) is 14.0. The van der Waals surface area contributed by atoms with E-state index in [0.717, 1.165) is 96.9 Å². The number of amides is 2. The third-order valence-corrected chi connectivity index (χ3v) is 10.1. The summed E-state index contributed by atoms with van der Waals surface area (Å²) < 4.78 is 22.3. The highest BCUT2D eigenvalue weighted by Gasteiger charge is 2.22. The van der Waals surface area contributed by atoms with Crippen molar-refractivity contribution in [1.82, 2.24) is 0 Å². The molecule has 7 rings (SSSR count). The summed E-state index contributed by atoms with van der Waals surface area (Å²) >= 11 is 0. The molecule has 2 aliphatic heterocycles. The molecule has 5 aromatic rings. The van der Waals surface area contributed by atoms with Crippen LogP contribution in [0, 0.1) is 0 Å². The van der Waals surface area contributed by atoms with Crippen LogP contribution < -0.4 is 19.3 Å². The van der Waals surface area contributed by atoms with E-state index in [0.29, 0.717) is 36.5 Å². The van der Waals surface area contributed by atoms with Gasteiger partial charge in [0.05, 0.1) is 38.6 Å². The first-order chi connectivity index (χ1) is 26.4. The van der Waals surface area contributed by atoms with Crippen molar-refractivity contribution in [3.63, 3.8) is 0 Å². The molecule has 0 bridgehead atoms. The fourth-order valence-corrected chi connectivity index (χ4v) is 6.42. The number of nitrogens with zero attached hydrogens (tertiary/aromatic N) is 2. The van der Waals surface area contributed by atoms with Crippen molar-refractivity contribution >= 4 is 23.2 Å². The van der Waals surface area contributed by atoms with Gasteiger partial charge in [-0.2, -0.15) is 0 Å². The van der Waals surface area contributed by atoms with Crippen molar-refractivity contribution in [3.8, 4) is 33.8 Å². The maximum atomic E-state index is 13.4. The smallest absolute Gasteiger partial charge is 0.258 e. The van der Waals surface area contributed by atoms with Gasteiger partial charge in [0.2, 0.25) is 0 Å². The molecule has 0 spiro atoms. The van der Waals surface area contributed by atoms with Gasteiger partial charge in [0, 0.05) is 36.6 Å². The molecule has 5 aromatic carbocycles. The van der Waals surface area contributed by atoms with Gasteiger partial charge in [-0.05, 0) is 134 Å². The van der Waals surface area contributed by atoms with E-state index in [1.54, 1.807) is 23.9 Å². The van der Waals surface area contributed by atoms with Gasteiger partial charge >= 0.3 is 0 Å². The lowest BCUT2D eigenvalue weighted by Crippen LogP contribution is -2.27. The summed E-state index contributed by atoms with van der Waals surface area (Å²) in [7, 11) is 3.52. The average Bonchev–Trinajstić information content (AvgIpc) is 4.18. The molecule has 8 heteroatoms. The van der Waals surface area contributed by atoms with Crippen LogP contribution in [-0.2, 0) is 9.47 Å². The van der Waals surface area contributed by atoms with Crippen LogP contribution in [0.2, 0.25) is 0 Å². The highest BCUT2D eigenvalue weighted by atomic mass is 16.6. The molecule has 0 saturated carbocycles. The van der Waals surface area contributed by atoms with E-state index in [-0.39, 0.29) is 11.8 Å². The highest BCUT2D eigenvalue weighted by Crippen LogP contribution is 2.27. The van der Waals surface area contributed by atoms with Crippen LogP contribution in [0.15, 0.2) is 121 Å². The molecule has 2 aliphatic rings. The maximum absolute atomic E-state index is 13.4. The van der Waals surface area contributed by atoms with Crippen LogP contribution in [0.3, 0.4) is 0 Å². The summed E-state index contributed by atoms with van der Waals surface area (Å²) in [5, 5.41) is 0. The normalized spacial score (nSPS) is 15.7. The number of rotatable bonds is 18. The minimum atomic E-state index is -0.118. The van der Waals surface area contributed by atoms with E-state index in [9.17, 15) is 9.59 Å². The van der Waals surface area contributed by atoms with Crippen LogP contribution in [0.25, 0.3) is 22.3 Å². The minimum absolute atomic E-state index is 0.118. The average molecular weight is 725 g/mol. The number of epoxide rings is 2. The van der Waals surface area contributed by atoms with Gasteiger partial charge in [-0.25, -0.2) is 0 Å². The molecule has 2 heterocycles. The van der Waals surface area contributed by atoms with Gasteiger partial charge < -0.3 is 28.7 Å². The van der Waals surface area contributed by atoms with Crippen LogP contribution >= 0.6 is 0 Å². The lowest BCUT2D eigenvalue weighted by atomic mass is 10.0. The molecule has 0 radical (unpaired) electrons. The van der Waals surface area contributed by atoms with Gasteiger partial charge in [-0.3, -0.25) is 9.59 Å². The highest BCUT2D eigenvalue weighted by molar-refractivity contribution is 6.07. The summed E-state index contributed by atoms with van der Waals surface area (Å²) in [4.78, 5) is 30.0. The standard InChI is InChI=1S/C46H48N2O6/c1-47(45(49)37-13-9-33(10-14-37)35-17-25-41(26-18-35)51-29-5-3-7-43-31-53-43)39-21-23-40(24-22-39)48(2)46(50)38-15-11-34(12-16-38)36-19-27-42(28-20-36)52-30-6-4-8-44-32-54-44/h9-28,43-44H,3-8,29-32H2,1-2H3. The second-order valence-corrected chi connectivity index (χ2v) is 14.0. The third-order valence-electron chi connectivity index (χ3n) is 10.1. The Morgan fingerprint density at radius 1 is 0.500 bits per heavy atom. The predicted octanol–water partition coefficient (Wildman–Crippen LogP) is 9.47. The Labute approximate surface area is 318 Å². The molecule has 8 nitrogen and oxygen atoms in total. The predicted molar refractivity (Wildman–Crippen MR) is 214 cm³/mol. The van der Waals surface area contributed by atoms with Crippen molar-refractivity contribution < 1.29 is 28.5 Å². The quantitative estimate of drug-likeness (QED) is 0.0662. The molecule has 0 aromatic heterocycles.